The minimum Gasteiger partial charge on any atom is -0.493 e. The molecule has 0 saturated carbocycles. The summed E-state index contributed by atoms with van der Waals surface area (Å²) in [5.41, 5.74) is 4.19. The van der Waals surface area contributed by atoms with Crippen molar-refractivity contribution in [1.82, 2.24) is 0 Å². The van der Waals surface area contributed by atoms with E-state index >= 15 is 0 Å². The maximum absolute atomic E-state index is 11.2. The molecular weight excluding hydrogens is 380 g/mol. The molecule has 0 heterocycles. The van der Waals surface area contributed by atoms with Crippen molar-refractivity contribution in [3.63, 3.8) is 0 Å². The van der Waals surface area contributed by atoms with Gasteiger partial charge in [0.05, 0.1) is 31.2 Å². The molecule has 2 N–H and O–H groups in total. The van der Waals surface area contributed by atoms with Crippen LogP contribution in [0.5, 0.6) is 11.5 Å². The Morgan fingerprint density at radius 3 is 2.50 bits per heavy atom. The Balaban J connectivity index is 1.85. The number of anilines is 1. The standard InChI is InChI=1S/C24H32N2O4/c1-3-4-5-6-7-8-11-16-30-22-15-14-19(17-23(22)29-2)18-25-26-21-13-10-9-12-20(21)24(27)28/h9-10,12-15,17-18,26H,3-8,11,16H2,1-2H3,(H,27,28). The van der Waals surface area contributed by atoms with Crippen molar-refractivity contribution in [2.45, 2.75) is 51.9 Å². The number of nitrogens with zero attached hydrogens (tertiary/aromatic N) is 1. The fourth-order valence-corrected chi connectivity index (χ4v) is 3.07. The smallest absolute Gasteiger partial charge is 0.337 e. The molecule has 30 heavy (non-hydrogen) atoms. The second-order valence-corrected chi connectivity index (χ2v) is 7.10. The lowest BCUT2D eigenvalue weighted by atomic mass is 10.1. The number of carboxylic acids is 1. The van der Waals surface area contributed by atoms with Crippen molar-refractivity contribution in [2.24, 2.45) is 5.10 Å². The third-order valence-corrected chi connectivity index (χ3v) is 4.75. The van der Waals surface area contributed by atoms with Crippen molar-refractivity contribution in [1.29, 1.82) is 0 Å². The molecule has 0 aliphatic rings. The highest BCUT2D eigenvalue weighted by Crippen LogP contribution is 2.28. The summed E-state index contributed by atoms with van der Waals surface area (Å²) < 4.78 is 11.3. The second kappa shape index (κ2) is 13.2. The van der Waals surface area contributed by atoms with Crippen LogP contribution in [0.2, 0.25) is 0 Å². The number of unbranched alkanes of at least 4 members (excludes halogenated alkanes) is 6. The number of benzene rings is 2. The first-order chi connectivity index (χ1) is 14.7. The van der Waals surface area contributed by atoms with Crippen LogP contribution in [0, 0.1) is 0 Å². The molecule has 0 spiro atoms. The number of carbonyl (C=O) groups is 1. The number of methoxy groups -OCH3 is 1. The fraction of sp³-hybridized carbons (Fsp3) is 0.417. The van der Waals surface area contributed by atoms with Gasteiger partial charge in [0, 0.05) is 0 Å². The van der Waals surface area contributed by atoms with Crippen LogP contribution in [0.25, 0.3) is 0 Å². The third-order valence-electron chi connectivity index (χ3n) is 4.75. The number of para-hydroxylation sites is 1. The Morgan fingerprint density at radius 2 is 1.77 bits per heavy atom. The zero-order valence-corrected chi connectivity index (χ0v) is 17.9. The Morgan fingerprint density at radius 1 is 1.03 bits per heavy atom. The van der Waals surface area contributed by atoms with Crippen LogP contribution < -0.4 is 14.9 Å². The number of hydrazone groups is 1. The average Bonchev–Trinajstić information content (AvgIpc) is 2.76. The van der Waals surface area contributed by atoms with Crippen molar-refractivity contribution in [3.05, 3.63) is 53.6 Å². The molecule has 2 aromatic rings. The lowest BCUT2D eigenvalue weighted by molar-refractivity contribution is 0.0698. The van der Waals surface area contributed by atoms with Crippen molar-refractivity contribution >= 4 is 17.9 Å². The summed E-state index contributed by atoms with van der Waals surface area (Å²) in [7, 11) is 1.61. The van der Waals surface area contributed by atoms with Crippen LogP contribution in [0.4, 0.5) is 5.69 Å². The lowest BCUT2D eigenvalue weighted by Crippen LogP contribution is -2.02. The fourth-order valence-electron chi connectivity index (χ4n) is 3.07. The minimum atomic E-state index is -1.00. The molecule has 0 atom stereocenters. The quantitative estimate of drug-likeness (QED) is 0.227. The number of carboxylic acid groups (broad SMARTS) is 1. The van der Waals surface area contributed by atoms with Gasteiger partial charge in [-0.05, 0) is 42.3 Å². The summed E-state index contributed by atoms with van der Waals surface area (Å²) in [4.78, 5) is 11.2. The zero-order valence-electron chi connectivity index (χ0n) is 17.9. The van der Waals surface area contributed by atoms with E-state index in [9.17, 15) is 9.90 Å². The molecule has 0 unspecified atom stereocenters. The van der Waals surface area contributed by atoms with Crippen LogP contribution >= 0.6 is 0 Å². The number of hydrogen-bond acceptors (Lipinski definition) is 5. The molecule has 0 aliphatic carbocycles. The first kappa shape index (κ1) is 23.3. The average molecular weight is 413 g/mol. The van der Waals surface area contributed by atoms with Gasteiger partial charge in [0.15, 0.2) is 11.5 Å². The highest BCUT2D eigenvalue weighted by Gasteiger charge is 2.08. The SMILES string of the molecule is CCCCCCCCCOc1ccc(C=NNc2ccccc2C(=O)O)cc1OC. The summed E-state index contributed by atoms with van der Waals surface area (Å²) in [6, 6.07) is 12.2. The van der Waals surface area contributed by atoms with Gasteiger partial charge in [-0.25, -0.2) is 4.79 Å². The molecule has 0 saturated heterocycles. The molecule has 0 aromatic heterocycles. The number of ether oxygens (including phenoxy) is 2. The molecular formula is C24H32N2O4. The molecule has 0 aliphatic heterocycles. The summed E-state index contributed by atoms with van der Waals surface area (Å²) >= 11 is 0. The van der Waals surface area contributed by atoms with E-state index in [-0.39, 0.29) is 5.56 Å². The van der Waals surface area contributed by atoms with Gasteiger partial charge in [0.2, 0.25) is 0 Å². The van der Waals surface area contributed by atoms with Gasteiger partial charge in [0.1, 0.15) is 0 Å². The van der Waals surface area contributed by atoms with E-state index in [1.807, 2.05) is 18.2 Å². The van der Waals surface area contributed by atoms with E-state index in [0.717, 1.165) is 12.0 Å². The van der Waals surface area contributed by atoms with Crippen molar-refractivity contribution < 1.29 is 19.4 Å². The van der Waals surface area contributed by atoms with Crippen LogP contribution in [0.1, 0.15) is 67.8 Å². The van der Waals surface area contributed by atoms with Gasteiger partial charge < -0.3 is 14.6 Å². The monoisotopic (exact) mass is 412 g/mol. The number of rotatable bonds is 14. The predicted octanol–water partition coefficient (Wildman–Crippen LogP) is 5.97. The molecule has 2 rings (SSSR count). The first-order valence-corrected chi connectivity index (χ1v) is 10.6. The van der Waals surface area contributed by atoms with E-state index in [2.05, 4.69) is 17.5 Å². The number of nitrogens with one attached hydrogen (secondary N) is 1. The molecule has 0 radical (unpaired) electrons. The van der Waals surface area contributed by atoms with Gasteiger partial charge in [-0.3, -0.25) is 5.43 Å². The van der Waals surface area contributed by atoms with E-state index in [0.29, 0.717) is 23.8 Å². The highest BCUT2D eigenvalue weighted by atomic mass is 16.5. The third kappa shape index (κ3) is 7.78. The Kier molecular flexibility index (Phi) is 10.3. The molecule has 6 heteroatoms. The van der Waals surface area contributed by atoms with E-state index in [1.54, 1.807) is 31.5 Å². The highest BCUT2D eigenvalue weighted by molar-refractivity contribution is 5.94. The van der Waals surface area contributed by atoms with Gasteiger partial charge >= 0.3 is 5.97 Å². The van der Waals surface area contributed by atoms with Gasteiger partial charge in [-0.2, -0.15) is 5.10 Å². The summed E-state index contributed by atoms with van der Waals surface area (Å²) in [6.07, 6.45) is 10.3. The summed E-state index contributed by atoms with van der Waals surface area (Å²) in [6.45, 7) is 2.90. The molecule has 162 valence electrons. The number of hydrogen-bond donors (Lipinski definition) is 2. The maximum Gasteiger partial charge on any atom is 0.337 e. The van der Waals surface area contributed by atoms with Gasteiger partial charge in [0.25, 0.3) is 0 Å². The Hall–Kier alpha value is -3.02. The van der Waals surface area contributed by atoms with Crippen LogP contribution in [-0.2, 0) is 0 Å². The van der Waals surface area contributed by atoms with Crippen LogP contribution in [0.15, 0.2) is 47.6 Å². The molecule has 0 amide bonds. The van der Waals surface area contributed by atoms with E-state index in [1.165, 1.54) is 44.6 Å². The second-order valence-electron chi connectivity index (χ2n) is 7.10. The molecule has 0 fully saturated rings. The topological polar surface area (TPSA) is 80.2 Å². The van der Waals surface area contributed by atoms with Gasteiger partial charge in [-0.15, -0.1) is 0 Å². The maximum atomic E-state index is 11.2. The minimum absolute atomic E-state index is 0.168. The molecule has 0 bridgehead atoms. The van der Waals surface area contributed by atoms with E-state index in [4.69, 9.17) is 9.47 Å². The zero-order chi connectivity index (χ0) is 21.6. The summed E-state index contributed by atoms with van der Waals surface area (Å²) in [5, 5.41) is 13.4. The van der Waals surface area contributed by atoms with E-state index < -0.39 is 5.97 Å². The predicted molar refractivity (Wildman–Crippen MR) is 121 cm³/mol. The molecule has 2 aromatic carbocycles. The van der Waals surface area contributed by atoms with Crippen LogP contribution in [-0.4, -0.2) is 31.0 Å². The normalized spacial score (nSPS) is 10.9. The van der Waals surface area contributed by atoms with Gasteiger partial charge in [-0.1, -0.05) is 57.6 Å². The van der Waals surface area contributed by atoms with Crippen molar-refractivity contribution in [2.75, 3.05) is 19.1 Å². The Bertz CT molecular complexity index is 821. The first-order valence-electron chi connectivity index (χ1n) is 10.6. The Labute approximate surface area is 178 Å². The van der Waals surface area contributed by atoms with Crippen molar-refractivity contribution in [3.8, 4) is 11.5 Å². The molecule has 6 nitrogen and oxygen atoms in total. The largest absolute Gasteiger partial charge is 0.493 e. The number of aromatic carboxylic acids is 1. The van der Waals surface area contributed by atoms with Crippen LogP contribution in [0.3, 0.4) is 0 Å². The summed E-state index contributed by atoms with van der Waals surface area (Å²) in [5.74, 6) is 0.357. The lowest BCUT2D eigenvalue weighted by Gasteiger charge is -2.11.